The van der Waals surface area contributed by atoms with Crippen molar-refractivity contribution in [1.29, 1.82) is 5.26 Å². The molecule has 8 nitrogen and oxygen atoms in total. The van der Waals surface area contributed by atoms with Crippen molar-refractivity contribution >= 4 is 11.4 Å². The van der Waals surface area contributed by atoms with Gasteiger partial charge in [0, 0.05) is 44.0 Å². The van der Waals surface area contributed by atoms with Gasteiger partial charge in [0.05, 0.1) is 18.9 Å². The number of carbonyl (C=O) groups is 1. The number of methoxy groups -OCH3 is 2. The van der Waals surface area contributed by atoms with E-state index in [1.54, 1.807) is 13.0 Å². The van der Waals surface area contributed by atoms with Crippen molar-refractivity contribution in [2.45, 2.75) is 25.9 Å². The molecule has 0 amide bonds. The first-order valence-electron chi connectivity index (χ1n) is 8.47. The van der Waals surface area contributed by atoms with Crippen molar-refractivity contribution < 1.29 is 18.7 Å². The van der Waals surface area contributed by atoms with Crippen LogP contribution in [0.4, 0.5) is 4.39 Å². The average molecular weight is 383 g/mol. The number of nitrogens with zero attached hydrogens (tertiary/aromatic N) is 5. The Labute approximate surface area is 160 Å². The summed E-state index contributed by atoms with van der Waals surface area (Å²) in [4.78, 5) is 20.8. The van der Waals surface area contributed by atoms with Gasteiger partial charge in [-0.1, -0.05) is 0 Å². The monoisotopic (exact) mass is 383 g/mol. The summed E-state index contributed by atoms with van der Waals surface area (Å²) in [6, 6.07) is 4.78. The molecule has 1 atom stereocenters. The van der Waals surface area contributed by atoms with E-state index in [0.717, 1.165) is 0 Å². The molecule has 0 bridgehead atoms. The van der Waals surface area contributed by atoms with Crippen molar-refractivity contribution in [3.05, 3.63) is 52.9 Å². The number of carbonyl (C=O) groups excluding carboxylic acids is 1. The van der Waals surface area contributed by atoms with Gasteiger partial charge in [0.2, 0.25) is 11.8 Å². The molecule has 3 aromatic rings. The molecule has 3 aromatic heterocycles. The lowest BCUT2D eigenvalue weighted by molar-refractivity contribution is -0.117. The van der Waals surface area contributed by atoms with Crippen LogP contribution in [0.2, 0.25) is 0 Å². The largest absolute Gasteiger partial charge is 0.480 e. The second kappa shape index (κ2) is 8.10. The Kier molecular flexibility index (Phi) is 5.61. The molecular weight excluding hydrogens is 365 g/mol. The summed E-state index contributed by atoms with van der Waals surface area (Å²) in [6.45, 7) is 1.79. The summed E-state index contributed by atoms with van der Waals surface area (Å²) in [6.07, 6.45) is 2.76. The second-order valence-electron chi connectivity index (χ2n) is 6.19. The standard InChI is InChI=1S/C19H18FN5O3/c1-11(27-2)18-14(10-22-17-7-16(20)24-25(17)18)6-15(26)5-12-4-13(8-21)19(28-3)23-9-12/h4,7,9-11H,5-6H2,1-3H3/t11-/m0/s1. The smallest absolute Gasteiger partial charge is 0.235 e. The summed E-state index contributed by atoms with van der Waals surface area (Å²) in [5.74, 6) is -0.562. The van der Waals surface area contributed by atoms with Gasteiger partial charge in [-0.15, -0.1) is 5.10 Å². The lowest BCUT2D eigenvalue weighted by atomic mass is 10.0. The summed E-state index contributed by atoms with van der Waals surface area (Å²) in [7, 11) is 2.95. The Morgan fingerprint density at radius 3 is 2.75 bits per heavy atom. The van der Waals surface area contributed by atoms with Crippen LogP contribution in [0.25, 0.3) is 5.65 Å². The molecule has 0 saturated carbocycles. The van der Waals surface area contributed by atoms with Crippen molar-refractivity contribution in [3.63, 3.8) is 0 Å². The van der Waals surface area contributed by atoms with Gasteiger partial charge in [-0.2, -0.15) is 9.65 Å². The molecular formula is C19H18FN5O3. The maximum Gasteiger partial charge on any atom is 0.235 e. The van der Waals surface area contributed by atoms with Gasteiger partial charge in [0.15, 0.2) is 5.65 Å². The van der Waals surface area contributed by atoms with E-state index < -0.39 is 12.1 Å². The van der Waals surface area contributed by atoms with E-state index in [0.29, 0.717) is 22.5 Å². The summed E-state index contributed by atoms with van der Waals surface area (Å²) < 4.78 is 25.3. The normalized spacial score (nSPS) is 12.0. The molecule has 0 aliphatic rings. The van der Waals surface area contributed by atoms with Crippen LogP contribution in [-0.2, 0) is 22.4 Å². The van der Waals surface area contributed by atoms with E-state index in [1.165, 1.54) is 37.2 Å². The van der Waals surface area contributed by atoms with E-state index in [9.17, 15) is 9.18 Å². The minimum Gasteiger partial charge on any atom is -0.480 e. The fourth-order valence-electron chi connectivity index (χ4n) is 2.98. The first-order chi connectivity index (χ1) is 13.5. The molecule has 144 valence electrons. The van der Waals surface area contributed by atoms with Gasteiger partial charge in [-0.25, -0.2) is 14.5 Å². The highest BCUT2D eigenvalue weighted by Gasteiger charge is 2.20. The number of pyridine rings is 1. The van der Waals surface area contributed by atoms with Crippen LogP contribution in [0.1, 0.15) is 35.4 Å². The predicted molar refractivity (Wildman–Crippen MR) is 96.3 cm³/mol. The lowest BCUT2D eigenvalue weighted by Gasteiger charge is -2.16. The molecule has 28 heavy (non-hydrogen) atoms. The van der Waals surface area contributed by atoms with E-state index in [-0.39, 0.29) is 30.1 Å². The maximum atomic E-state index is 13.6. The minimum atomic E-state index is -0.658. The van der Waals surface area contributed by atoms with Gasteiger partial charge >= 0.3 is 0 Å². The highest BCUT2D eigenvalue weighted by molar-refractivity contribution is 5.83. The number of rotatable bonds is 7. The molecule has 0 radical (unpaired) electrons. The van der Waals surface area contributed by atoms with Crippen molar-refractivity contribution in [1.82, 2.24) is 19.6 Å². The molecule has 0 aromatic carbocycles. The molecule has 3 rings (SSSR count). The highest BCUT2D eigenvalue weighted by atomic mass is 19.1. The minimum absolute atomic E-state index is 0.0569. The number of ether oxygens (including phenoxy) is 2. The fraction of sp³-hybridized carbons (Fsp3) is 0.316. The molecule has 0 saturated heterocycles. The van der Waals surface area contributed by atoms with Crippen LogP contribution < -0.4 is 4.74 Å². The fourth-order valence-corrected chi connectivity index (χ4v) is 2.98. The SMILES string of the molecule is COc1ncc(CC(=O)Cc2cnc3cc(F)nn3c2[C@H](C)OC)cc1C#N. The quantitative estimate of drug-likeness (QED) is 0.616. The van der Waals surface area contributed by atoms with Gasteiger partial charge in [0.1, 0.15) is 17.4 Å². The van der Waals surface area contributed by atoms with E-state index in [1.807, 2.05) is 6.07 Å². The first kappa shape index (κ1) is 19.4. The summed E-state index contributed by atoms with van der Waals surface area (Å²) in [5.41, 5.74) is 2.36. The molecule has 0 aliphatic heterocycles. The number of ketones is 1. The summed E-state index contributed by atoms with van der Waals surface area (Å²) >= 11 is 0. The lowest BCUT2D eigenvalue weighted by Crippen LogP contribution is -2.15. The number of halogens is 1. The Morgan fingerprint density at radius 1 is 1.29 bits per heavy atom. The van der Waals surface area contributed by atoms with Crippen LogP contribution in [0.5, 0.6) is 5.88 Å². The van der Waals surface area contributed by atoms with Gasteiger partial charge < -0.3 is 9.47 Å². The van der Waals surface area contributed by atoms with Gasteiger partial charge in [-0.05, 0) is 18.6 Å². The zero-order valence-corrected chi connectivity index (χ0v) is 15.6. The summed E-state index contributed by atoms with van der Waals surface area (Å²) in [5, 5.41) is 13.0. The number of fused-ring (bicyclic) bond motifs is 1. The predicted octanol–water partition coefficient (Wildman–Crippen LogP) is 2.21. The van der Waals surface area contributed by atoms with E-state index in [4.69, 9.17) is 14.7 Å². The molecule has 0 N–H and O–H groups in total. The first-order valence-corrected chi connectivity index (χ1v) is 8.47. The Morgan fingerprint density at radius 2 is 2.07 bits per heavy atom. The van der Waals surface area contributed by atoms with Crippen molar-refractivity contribution in [3.8, 4) is 11.9 Å². The zero-order chi connectivity index (χ0) is 20.3. The third-order valence-corrected chi connectivity index (χ3v) is 4.32. The number of aromatic nitrogens is 4. The second-order valence-corrected chi connectivity index (χ2v) is 6.19. The van der Waals surface area contributed by atoms with Crippen LogP contribution in [-0.4, -0.2) is 39.6 Å². The van der Waals surface area contributed by atoms with Gasteiger partial charge in [0.25, 0.3) is 0 Å². The molecule has 3 heterocycles. The topological polar surface area (TPSA) is 102 Å². The number of hydrogen-bond donors (Lipinski definition) is 0. The van der Waals surface area contributed by atoms with Crippen molar-refractivity contribution in [2.24, 2.45) is 0 Å². The molecule has 0 unspecified atom stereocenters. The van der Waals surface area contributed by atoms with Crippen LogP contribution >= 0.6 is 0 Å². The molecule has 0 fully saturated rings. The molecule has 0 aliphatic carbocycles. The van der Waals surface area contributed by atoms with Crippen molar-refractivity contribution in [2.75, 3.05) is 14.2 Å². The molecule has 9 heteroatoms. The number of Topliss-reactive ketones (excluding diaryl/α,β-unsaturated/α-hetero) is 1. The molecule has 0 spiro atoms. The third-order valence-electron chi connectivity index (χ3n) is 4.32. The van der Waals surface area contributed by atoms with Crippen LogP contribution in [0.3, 0.4) is 0 Å². The third kappa shape index (κ3) is 3.82. The zero-order valence-electron chi connectivity index (χ0n) is 15.6. The van der Waals surface area contributed by atoms with Crippen LogP contribution in [0.15, 0.2) is 24.5 Å². The highest BCUT2D eigenvalue weighted by Crippen LogP contribution is 2.23. The van der Waals surface area contributed by atoms with E-state index >= 15 is 0 Å². The Hall–Kier alpha value is -3.38. The Bertz CT molecular complexity index is 1070. The van der Waals surface area contributed by atoms with Gasteiger partial charge in [-0.3, -0.25) is 4.79 Å². The Balaban J connectivity index is 1.88. The van der Waals surface area contributed by atoms with E-state index in [2.05, 4.69) is 15.1 Å². The number of nitriles is 1. The number of hydrogen-bond acceptors (Lipinski definition) is 7. The maximum absolute atomic E-state index is 13.6. The average Bonchev–Trinajstić information content (AvgIpc) is 3.07. The van der Waals surface area contributed by atoms with Crippen LogP contribution in [0, 0.1) is 17.3 Å².